The van der Waals surface area contributed by atoms with E-state index < -0.39 is 5.82 Å². The molecule has 2 amide bonds. The van der Waals surface area contributed by atoms with E-state index in [9.17, 15) is 14.0 Å². The monoisotopic (exact) mass is 432 g/mol. The molecule has 6 heteroatoms. The van der Waals surface area contributed by atoms with Gasteiger partial charge in [0, 0.05) is 16.9 Å². The first-order valence-corrected chi connectivity index (χ1v) is 11.4. The number of nitrogens with zero attached hydrogens (tertiary/aromatic N) is 1. The van der Waals surface area contributed by atoms with Crippen LogP contribution in [0.2, 0.25) is 0 Å². The third-order valence-corrected chi connectivity index (χ3v) is 6.98. The fraction of sp³-hybridized carbons (Fsp3) is 0.200. The van der Waals surface area contributed by atoms with E-state index >= 15 is 0 Å². The summed E-state index contributed by atoms with van der Waals surface area (Å²) < 4.78 is 13.4. The molecule has 31 heavy (non-hydrogen) atoms. The van der Waals surface area contributed by atoms with Crippen LogP contribution in [0.4, 0.5) is 15.8 Å². The molecule has 3 aromatic rings. The predicted molar refractivity (Wildman–Crippen MR) is 122 cm³/mol. The maximum atomic E-state index is 13.4. The lowest BCUT2D eigenvalue weighted by Crippen LogP contribution is -2.27. The summed E-state index contributed by atoms with van der Waals surface area (Å²) in [4.78, 5) is 26.9. The standard InChI is InChI=1S/C25H21FN2O2S/c26-20-6-2-5-19(13-20)24(30)27-21-10-7-17(8-11-21)25-28(23(29)15-31-25)22-12-9-16-3-1-4-18(16)14-22/h2,5-14,25H,1,3-4,15H2,(H,27,30). The number of benzene rings is 3. The molecule has 0 radical (unpaired) electrons. The molecule has 0 bridgehead atoms. The molecule has 0 spiro atoms. The second-order valence-electron chi connectivity index (χ2n) is 7.82. The van der Waals surface area contributed by atoms with Crippen LogP contribution in [0.25, 0.3) is 0 Å². The van der Waals surface area contributed by atoms with Gasteiger partial charge in [-0.15, -0.1) is 11.8 Å². The number of aryl methyl sites for hydroxylation is 2. The smallest absolute Gasteiger partial charge is 0.255 e. The van der Waals surface area contributed by atoms with Crippen molar-refractivity contribution in [1.82, 2.24) is 0 Å². The summed E-state index contributed by atoms with van der Waals surface area (Å²) >= 11 is 1.61. The Hall–Kier alpha value is -3.12. The van der Waals surface area contributed by atoms with Gasteiger partial charge in [0.1, 0.15) is 11.2 Å². The lowest BCUT2D eigenvalue weighted by molar-refractivity contribution is -0.115. The Morgan fingerprint density at radius 3 is 2.61 bits per heavy atom. The maximum Gasteiger partial charge on any atom is 0.255 e. The largest absolute Gasteiger partial charge is 0.322 e. The highest BCUT2D eigenvalue weighted by Gasteiger charge is 2.34. The SMILES string of the molecule is O=C(Nc1ccc(C2SCC(=O)N2c2ccc3c(c2)CCC3)cc1)c1cccc(F)c1. The van der Waals surface area contributed by atoms with Gasteiger partial charge in [-0.3, -0.25) is 14.5 Å². The van der Waals surface area contributed by atoms with E-state index in [1.807, 2.05) is 29.2 Å². The summed E-state index contributed by atoms with van der Waals surface area (Å²) in [6.07, 6.45) is 3.36. The summed E-state index contributed by atoms with van der Waals surface area (Å²) in [7, 11) is 0. The third-order valence-electron chi connectivity index (χ3n) is 5.77. The number of carbonyl (C=O) groups excluding carboxylic acids is 2. The van der Waals surface area contributed by atoms with E-state index in [0.717, 1.165) is 24.1 Å². The number of hydrogen-bond acceptors (Lipinski definition) is 3. The topological polar surface area (TPSA) is 49.4 Å². The van der Waals surface area contributed by atoms with Crippen molar-refractivity contribution < 1.29 is 14.0 Å². The maximum absolute atomic E-state index is 13.4. The van der Waals surface area contributed by atoms with Crippen molar-refractivity contribution in [1.29, 1.82) is 0 Å². The van der Waals surface area contributed by atoms with Crippen molar-refractivity contribution in [3.63, 3.8) is 0 Å². The van der Waals surface area contributed by atoms with Gasteiger partial charge in [-0.2, -0.15) is 0 Å². The van der Waals surface area contributed by atoms with Crippen molar-refractivity contribution in [3.05, 3.63) is 94.8 Å². The molecular weight excluding hydrogens is 411 g/mol. The van der Waals surface area contributed by atoms with Gasteiger partial charge in [0.05, 0.1) is 5.75 Å². The molecule has 1 aliphatic carbocycles. The van der Waals surface area contributed by atoms with Gasteiger partial charge in [0.2, 0.25) is 5.91 Å². The highest BCUT2D eigenvalue weighted by Crippen LogP contribution is 2.42. The van der Waals surface area contributed by atoms with Crippen LogP contribution < -0.4 is 10.2 Å². The van der Waals surface area contributed by atoms with Gasteiger partial charge < -0.3 is 5.32 Å². The minimum atomic E-state index is -0.447. The van der Waals surface area contributed by atoms with E-state index in [1.165, 1.54) is 35.7 Å². The van der Waals surface area contributed by atoms with Gasteiger partial charge >= 0.3 is 0 Å². The number of rotatable bonds is 4. The molecule has 1 unspecified atom stereocenters. The first-order chi connectivity index (χ1) is 15.1. The summed E-state index contributed by atoms with van der Waals surface area (Å²) in [5, 5.41) is 2.69. The lowest BCUT2D eigenvalue weighted by atomic mass is 10.1. The minimum absolute atomic E-state index is 0.0973. The van der Waals surface area contributed by atoms with Crippen LogP contribution in [-0.2, 0) is 17.6 Å². The van der Waals surface area contributed by atoms with Crippen molar-refractivity contribution in [3.8, 4) is 0 Å². The average molecular weight is 433 g/mol. The molecule has 1 saturated heterocycles. The first kappa shape index (κ1) is 19.8. The summed E-state index contributed by atoms with van der Waals surface area (Å²) in [6.45, 7) is 0. The third kappa shape index (κ3) is 3.95. The van der Waals surface area contributed by atoms with Crippen LogP contribution in [0.5, 0.6) is 0 Å². The Bertz CT molecular complexity index is 1160. The quantitative estimate of drug-likeness (QED) is 0.605. The molecule has 1 fully saturated rings. The Morgan fingerprint density at radius 2 is 1.81 bits per heavy atom. The number of hydrogen-bond donors (Lipinski definition) is 1. The van der Waals surface area contributed by atoms with Crippen LogP contribution in [0.1, 0.15) is 38.8 Å². The van der Waals surface area contributed by atoms with Gasteiger partial charge in [0.15, 0.2) is 0 Å². The first-order valence-electron chi connectivity index (χ1n) is 10.3. The number of halogens is 1. The molecule has 1 atom stereocenters. The molecule has 156 valence electrons. The molecule has 2 aliphatic rings. The molecule has 4 nitrogen and oxygen atoms in total. The fourth-order valence-corrected chi connectivity index (χ4v) is 5.40. The molecule has 5 rings (SSSR count). The Labute approximate surface area is 184 Å². The lowest BCUT2D eigenvalue weighted by Gasteiger charge is -2.25. The van der Waals surface area contributed by atoms with E-state index in [2.05, 4.69) is 23.5 Å². The zero-order chi connectivity index (χ0) is 21.4. The molecular formula is C25H21FN2O2S. The molecule has 1 aliphatic heterocycles. The zero-order valence-electron chi connectivity index (χ0n) is 16.8. The Kier molecular flexibility index (Phi) is 5.24. The zero-order valence-corrected chi connectivity index (χ0v) is 17.6. The van der Waals surface area contributed by atoms with Gasteiger partial charge in [-0.05, 0) is 78.4 Å². The molecule has 0 saturated carbocycles. The normalized spacial score (nSPS) is 17.6. The highest BCUT2D eigenvalue weighted by molar-refractivity contribution is 8.00. The highest BCUT2D eigenvalue weighted by atomic mass is 32.2. The van der Waals surface area contributed by atoms with Crippen LogP contribution >= 0.6 is 11.8 Å². The van der Waals surface area contributed by atoms with Crippen LogP contribution in [0.15, 0.2) is 66.7 Å². The molecule has 3 aromatic carbocycles. The summed E-state index contributed by atoms with van der Waals surface area (Å²) in [6, 6.07) is 19.4. The van der Waals surface area contributed by atoms with Crippen LogP contribution in [-0.4, -0.2) is 17.6 Å². The molecule has 1 N–H and O–H groups in total. The molecule has 1 heterocycles. The van der Waals surface area contributed by atoms with Crippen molar-refractivity contribution in [2.24, 2.45) is 0 Å². The Morgan fingerprint density at radius 1 is 1.00 bits per heavy atom. The molecule has 0 aromatic heterocycles. The van der Waals surface area contributed by atoms with Crippen LogP contribution in [0, 0.1) is 5.82 Å². The van der Waals surface area contributed by atoms with Crippen LogP contribution in [0.3, 0.4) is 0 Å². The second kappa shape index (κ2) is 8.19. The van der Waals surface area contributed by atoms with E-state index in [4.69, 9.17) is 0 Å². The van der Waals surface area contributed by atoms with Gasteiger partial charge in [0.25, 0.3) is 5.91 Å². The average Bonchev–Trinajstić information content (AvgIpc) is 3.40. The van der Waals surface area contributed by atoms with Crippen molar-refractivity contribution in [2.75, 3.05) is 16.0 Å². The second-order valence-corrected chi connectivity index (χ2v) is 8.89. The number of nitrogens with one attached hydrogen (secondary N) is 1. The number of anilines is 2. The minimum Gasteiger partial charge on any atom is -0.322 e. The summed E-state index contributed by atoms with van der Waals surface area (Å²) in [5.74, 6) is -0.258. The predicted octanol–water partition coefficient (Wildman–Crippen LogP) is 5.35. The van der Waals surface area contributed by atoms with Crippen molar-refractivity contribution in [2.45, 2.75) is 24.6 Å². The van der Waals surface area contributed by atoms with E-state index in [-0.39, 0.29) is 22.8 Å². The number of thioether (sulfide) groups is 1. The number of fused-ring (bicyclic) bond motifs is 1. The van der Waals surface area contributed by atoms with Gasteiger partial charge in [-0.25, -0.2) is 4.39 Å². The number of amides is 2. The number of carbonyl (C=O) groups is 2. The fourth-order valence-electron chi connectivity index (χ4n) is 4.22. The van der Waals surface area contributed by atoms with Crippen molar-refractivity contribution >= 4 is 35.0 Å². The van der Waals surface area contributed by atoms with E-state index in [0.29, 0.717) is 11.4 Å². The van der Waals surface area contributed by atoms with E-state index in [1.54, 1.807) is 17.8 Å². The van der Waals surface area contributed by atoms with Gasteiger partial charge in [-0.1, -0.05) is 24.3 Å². The summed E-state index contributed by atoms with van der Waals surface area (Å²) in [5.41, 5.74) is 5.57. The Balaban J connectivity index is 1.35.